The van der Waals surface area contributed by atoms with E-state index in [4.69, 9.17) is 22.4 Å². The van der Waals surface area contributed by atoms with Crippen molar-refractivity contribution in [1.29, 1.82) is 0 Å². The highest BCUT2D eigenvalue weighted by Gasteiger charge is 2.13. The lowest BCUT2D eigenvalue weighted by Gasteiger charge is -2.22. The van der Waals surface area contributed by atoms with Crippen LogP contribution in [0.4, 0.5) is 11.6 Å². The maximum Gasteiger partial charge on any atom is 0.153 e. The predicted octanol–water partition coefficient (Wildman–Crippen LogP) is 0.921. The third kappa shape index (κ3) is 2.94. The number of nitrogens with two attached hydrogens (primary N) is 1. The molecule has 0 aliphatic carbocycles. The van der Waals surface area contributed by atoms with Gasteiger partial charge in [-0.2, -0.15) is 0 Å². The van der Waals surface area contributed by atoms with E-state index in [0.717, 1.165) is 13.0 Å². The van der Waals surface area contributed by atoms with E-state index in [2.05, 4.69) is 9.97 Å². The van der Waals surface area contributed by atoms with Crippen LogP contribution in [0.1, 0.15) is 13.3 Å². The van der Waals surface area contributed by atoms with Gasteiger partial charge >= 0.3 is 0 Å². The molecule has 0 unspecified atom stereocenters. The summed E-state index contributed by atoms with van der Waals surface area (Å²) in [5, 5.41) is 9.27. The van der Waals surface area contributed by atoms with Gasteiger partial charge in [-0.05, 0) is 6.42 Å². The molecule has 15 heavy (non-hydrogen) atoms. The molecule has 0 saturated heterocycles. The van der Waals surface area contributed by atoms with Crippen LogP contribution in [0.25, 0.3) is 0 Å². The number of hydrogen-bond acceptors (Lipinski definition) is 5. The van der Waals surface area contributed by atoms with Gasteiger partial charge in [0.2, 0.25) is 0 Å². The zero-order chi connectivity index (χ0) is 11.3. The summed E-state index contributed by atoms with van der Waals surface area (Å²) in [7, 11) is 0. The Morgan fingerprint density at radius 1 is 1.47 bits per heavy atom. The Kier molecular flexibility index (Phi) is 4.58. The largest absolute Gasteiger partial charge is 0.395 e. The first kappa shape index (κ1) is 12.0. The molecule has 1 aromatic rings. The molecule has 84 valence electrons. The van der Waals surface area contributed by atoms with Gasteiger partial charge in [-0.25, -0.2) is 9.97 Å². The Hall–Kier alpha value is -1.07. The van der Waals surface area contributed by atoms with Gasteiger partial charge in [0.15, 0.2) is 5.82 Å². The van der Waals surface area contributed by atoms with Crippen LogP contribution in [0.15, 0.2) is 6.33 Å². The molecule has 1 aromatic heterocycles. The van der Waals surface area contributed by atoms with Gasteiger partial charge < -0.3 is 15.7 Å². The predicted molar refractivity (Wildman–Crippen MR) is 61.0 cm³/mol. The second-order valence-corrected chi connectivity index (χ2v) is 3.49. The second kappa shape index (κ2) is 5.72. The molecule has 0 fully saturated rings. The fourth-order valence-corrected chi connectivity index (χ4v) is 1.53. The van der Waals surface area contributed by atoms with Crippen LogP contribution < -0.4 is 10.6 Å². The van der Waals surface area contributed by atoms with Crippen LogP contribution in [0.3, 0.4) is 0 Å². The molecule has 5 nitrogen and oxygen atoms in total. The van der Waals surface area contributed by atoms with E-state index in [0.29, 0.717) is 17.4 Å². The molecule has 0 aliphatic rings. The molecule has 1 heterocycles. The Morgan fingerprint density at radius 3 is 2.80 bits per heavy atom. The number of nitrogen functional groups attached to an aromatic ring is 1. The highest BCUT2D eigenvalue weighted by molar-refractivity contribution is 6.35. The molecule has 6 heteroatoms. The van der Waals surface area contributed by atoms with Crippen LogP contribution in [0.5, 0.6) is 0 Å². The van der Waals surface area contributed by atoms with E-state index in [9.17, 15) is 0 Å². The van der Waals surface area contributed by atoms with Crippen molar-refractivity contribution in [2.45, 2.75) is 13.3 Å². The summed E-state index contributed by atoms with van der Waals surface area (Å²) in [6.07, 6.45) is 2.32. The fourth-order valence-electron chi connectivity index (χ4n) is 1.31. The number of aliphatic hydroxyl groups excluding tert-OH is 1. The van der Waals surface area contributed by atoms with Crippen molar-refractivity contribution in [3.63, 3.8) is 0 Å². The monoisotopic (exact) mass is 230 g/mol. The summed E-state index contributed by atoms with van der Waals surface area (Å²) in [6.45, 7) is 3.36. The average molecular weight is 231 g/mol. The number of anilines is 2. The van der Waals surface area contributed by atoms with Crippen LogP contribution in [0.2, 0.25) is 5.02 Å². The molecule has 0 saturated carbocycles. The van der Waals surface area contributed by atoms with Crippen molar-refractivity contribution in [2.24, 2.45) is 0 Å². The van der Waals surface area contributed by atoms with Gasteiger partial charge in [-0.1, -0.05) is 18.5 Å². The zero-order valence-corrected chi connectivity index (χ0v) is 9.41. The summed E-state index contributed by atoms with van der Waals surface area (Å²) in [5.41, 5.74) is 5.58. The fraction of sp³-hybridized carbons (Fsp3) is 0.556. The van der Waals surface area contributed by atoms with Crippen molar-refractivity contribution in [1.82, 2.24) is 9.97 Å². The Labute approximate surface area is 93.9 Å². The molecular weight excluding hydrogens is 216 g/mol. The van der Waals surface area contributed by atoms with Gasteiger partial charge in [0, 0.05) is 13.1 Å². The number of rotatable bonds is 5. The van der Waals surface area contributed by atoms with E-state index in [-0.39, 0.29) is 12.4 Å². The molecule has 0 radical (unpaired) electrons. The van der Waals surface area contributed by atoms with Gasteiger partial charge in [0.05, 0.1) is 6.61 Å². The molecule has 0 aromatic carbocycles. The van der Waals surface area contributed by atoms with Crippen molar-refractivity contribution in [3.8, 4) is 0 Å². The first-order valence-electron chi connectivity index (χ1n) is 4.82. The number of nitrogens with zero attached hydrogens (tertiary/aromatic N) is 3. The van der Waals surface area contributed by atoms with Crippen molar-refractivity contribution < 1.29 is 5.11 Å². The second-order valence-electron chi connectivity index (χ2n) is 3.11. The van der Waals surface area contributed by atoms with Gasteiger partial charge in [0.1, 0.15) is 17.2 Å². The van der Waals surface area contributed by atoms with E-state index in [1.165, 1.54) is 6.33 Å². The molecule has 3 N–H and O–H groups in total. The maximum absolute atomic E-state index is 8.93. The van der Waals surface area contributed by atoms with Crippen molar-refractivity contribution in [2.75, 3.05) is 30.3 Å². The molecule has 0 atom stereocenters. The standard InChI is InChI=1S/C9H15ClN4O/c1-2-3-14(4-5-15)9-7(10)8(11)12-6-13-9/h6,15H,2-5H2,1H3,(H2,11,12,13). The van der Waals surface area contributed by atoms with Gasteiger partial charge in [-0.3, -0.25) is 0 Å². The minimum Gasteiger partial charge on any atom is -0.395 e. The highest BCUT2D eigenvalue weighted by atomic mass is 35.5. The Bertz CT molecular complexity index is 315. The average Bonchev–Trinajstić information content (AvgIpc) is 2.22. The summed E-state index contributed by atoms with van der Waals surface area (Å²) >= 11 is 5.99. The zero-order valence-electron chi connectivity index (χ0n) is 8.65. The molecule has 1 rings (SSSR count). The minimum atomic E-state index is 0.0558. The first-order valence-corrected chi connectivity index (χ1v) is 5.20. The van der Waals surface area contributed by atoms with Crippen molar-refractivity contribution >= 4 is 23.2 Å². The summed E-state index contributed by atoms with van der Waals surface area (Å²) in [5.74, 6) is 0.848. The maximum atomic E-state index is 8.93. The summed E-state index contributed by atoms with van der Waals surface area (Å²) < 4.78 is 0. The van der Waals surface area contributed by atoms with Crippen LogP contribution >= 0.6 is 11.6 Å². The first-order chi connectivity index (χ1) is 7.20. The number of hydrogen-bond donors (Lipinski definition) is 2. The number of aromatic nitrogens is 2. The van der Waals surface area contributed by atoms with E-state index < -0.39 is 0 Å². The lowest BCUT2D eigenvalue weighted by Crippen LogP contribution is -2.28. The number of aliphatic hydroxyl groups is 1. The third-order valence-electron chi connectivity index (χ3n) is 1.96. The molecule has 0 amide bonds. The van der Waals surface area contributed by atoms with Crippen LogP contribution in [-0.4, -0.2) is 34.8 Å². The smallest absolute Gasteiger partial charge is 0.153 e. The summed E-state index contributed by atoms with van der Waals surface area (Å²) in [6, 6.07) is 0. The minimum absolute atomic E-state index is 0.0558. The van der Waals surface area contributed by atoms with Crippen molar-refractivity contribution in [3.05, 3.63) is 11.3 Å². The molecule has 0 bridgehead atoms. The molecular formula is C9H15ClN4O. The third-order valence-corrected chi connectivity index (χ3v) is 2.32. The Balaban J connectivity index is 2.94. The SMILES string of the molecule is CCCN(CCO)c1ncnc(N)c1Cl. The van der Waals surface area contributed by atoms with Crippen LogP contribution in [0, 0.1) is 0 Å². The highest BCUT2D eigenvalue weighted by Crippen LogP contribution is 2.26. The lowest BCUT2D eigenvalue weighted by atomic mass is 10.3. The van der Waals surface area contributed by atoms with Crippen LogP contribution in [-0.2, 0) is 0 Å². The van der Waals surface area contributed by atoms with E-state index >= 15 is 0 Å². The molecule has 0 aliphatic heterocycles. The van der Waals surface area contributed by atoms with E-state index in [1.54, 1.807) is 0 Å². The van der Waals surface area contributed by atoms with Gasteiger partial charge in [-0.15, -0.1) is 0 Å². The van der Waals surface area contributed by atoms with E-state index in [1.807, 2.05) is 11.8 Å². The quantitative estimate of drug-likeness (QED) is 0.787. The topological polar surface area (TPSA) is 75.3 Å². The normalized spacial score (nSPS) is 10.3. The Morgan fingerprint density at radius 2 is 2.20 bits per heavy atom. The lowest BCUT2D eigenvalue weighted by molar-refractivity contribution is 0.301. The number of halogens is 1. The molecule has 0 spiro atoms. The van der Waals surface area contributed by atoms with Gasteiger partial charge in [0.25, 0.3) is 0 Å². The summed E-state index contributed by atoms with van der Waals surface area (Å²) in [4.78, 5) is 9.75.